The Morgan fingerprint density at radius 3 is 2.18 bits per heavy atom. The molecule has 0 atom stereocenters. The molecule has 0 N–H and O–H groups in total. The highest BCUT2D eigenvalue weighted by Crippen LogP contribution is 1.95. The highest BCUT2D eigenvalue weighted by atomic mass is 16.1. The Morgan fingerprint density at radius 1 is 1.18 bits per heavy atom. The molecule has 0 aliphatic carbocycles. The van der Waals surface area contributed by atoms with Crippen LogP contribution in [0.2, 0.25) is 0 Å². The van der Waals surface area contributed by atoms with Gasteiger partial charge in [-0.15, -0.1) is 0 Å². The lowest BCUT2D eigenvalue weighted by Gasteiger charge is -1.85. The molecular weight excluding hydrogens is 140 g/mol. The van der Waals surface area contributed by atoms with Crippen molar-refractivity contribution in [1.29, 1.82) is 0 Å². The van der Waals surface area contributed by atoms with Crippen LogP contribution in [0.5, 0.6) is 0 Å². The van der Waals surface area contributed by atoms with Crippen molar-refractivity contribution in [1.82, 2.24) is 0 Å². The Hall–Kier alpha value is -1.44. The van der Waals surface area contributed by atoms with Crippen molar-refractivity contribution in [3.63, 3.8) is 0 Å². The Kier molecular flexibility index (Phi) is 4.65. The van der Waals surface area contributed by atoms with Crippen LogP contribution in [0.1, 0.15) is 6.92 Å². The summed E-state index contributed by atoms with van der Waals surface area (Å²) in [5.41, 5.74) is 0.888. The summed E-state index contributed by atoms with van der Waals surface area (Å²) in [6, 6.07) is 0. The van der Waals surface area contributed by atoms with E-state index in [1.165, 1.54) is 6.08 Å². The summed E-state index contributed by atoms with van der Waals surface area (Å²) in [7, 11) is 0. The van der Waals surface area contributed by atoms with Crippen LogP contribution in [0.25, 0.3) is 0 Å². The van der Waals surface area contributed by atoms with Gasteiger partial charge in [-0.2, -0.15) is 0 Å². The van der Waals surface area contributed by atoms with Crippen molar-refractivity contribution in [2.45, 2.75) is 6.92 Å². The lowest BCUT2D eigenvalue weighted by atomic mass is 10.2. The van der Waals surface area contributed by atoms with E-state index in [2.05, 4.69) is 6.58 Å². The highest BCUT2D eigenvalue weighted by molar-refractivity contribution is 5.80. The molecule has 0 spiro atoms. The first-order valence-corrected chi connectivity index (χ1v) is 3.18. The molecular formula is C9H10O2. The average Bonchev–Trinajstić information content (AvgIpc) is 2.06. The van der Waals surface area contributed by atoms with E-state index in [0.717, 1.165) is 0 Å². The van der Waals surface area contributed by atoms with Gasteiger partial charge < -0.3 is 0 Å². The molecule has 11 heavy (non-hydrogen) atoms. The van der Waals surface area contributed by atoms with Crippen LogP contribution in [0.15, 0.2) is 36.0 Å². The van der Waals surface area contributed by atoms with Gasteiger partial charge in [-0.3, -0.25) is 9.59 Å². The molecule has 0 heterocycles. The van der Waals surface area contributed by atoms with Gasteiger partial charge in [-0.05, 0) is 6.92 Å². The summed E-state index contributed by atoms with van der Waals surface area (Å²) in [5, 5.41) is 0. The van der Waals surface area contributed by atoms with Crippen LogP contribution in [0.4, 0.5) is 0 Å². The van der Waals surface area contributed by atoms with Gasteiger partial charge in [0.05, 0.1) is 0 Å². The standard InChI is InChI=1S/C9H10O2/c1-3-9(7-11)5-4-8(2)6-10/h3-7H,2H2,1H3/b5-4-,9-3+. The van der Waals surface area contributed by atoms with E-state index in [1.54, 1.807) is 19.1 Å². The predicted octanol–water partition coefficient (Wildman–Crippen LogP) is 1.44. The summed E-state index contributed by atoms with van der Waals surface area (Å²) < 4.78 is 0. The molecule has 0 bridgehead atoms. The molecule has 0 unspecified atom stereocenters. The summed E-state index contributed by atoms with van der Waals surface area (Å²) in [6.07, 6.45) is 6.05. The van der Waals surface area contributed by atoms with E-state index in [-0.39, 0.29) is 0 Å². The fourth-order valence-corrected chi connectivity index (χ4v) is 0.446. The Labute approximate surface area is 65.9 Å². The Balaban J connectivity index is 4.22. The fraction of sp³-hybridized carbons (Fsp3) is 0.111. The molecule has 0 amide bonds. The molecule has 0 saturated carbocycles. The van der Waals surface area contributed by atoms with E-state index in [1.807, 2.05) is 0 Å². The van der Waals surface area contributed by atoms with E-state index < -0.39 is 0 Å². The summed E-state index contributed by atoms with van der Waals surface area (Å²) >= 11 is 0. The minimum atomic E-state index is 0.353. The predicted molar refractivity (Wildman–Crippen MR) is 44.2 cm³/mol. The van der Waals surface area contributed by atoms with Crippen LogP contribution in [0.3, 0.4) is 0 Å². The largest absolute Gasteiger partial charge is 0.298 e. The maximum absolute atomic E-state index is 10.2. The summed E-state index contributed by atoms with van der Waals surface area (Å²) in [6.45, 7) is 5.16. The van der Waals surface area contributed by atoms with Crippen molar-refractivity contribution in [3.8, 4) is 0 Å². The quantitative estimate of drug-likeness (QED) is 0.345. The highest BCUT2D eigenvalue weighted by Gasteiger charge is 1.85. The first-order chi connectivity index (χ1) is 5.24. The number of hydrogen-bond acceptors (Lipinski definition) is 2. The maximum Gasteiger partial charge on any atom is 0.149 e. The van der Waals surface area contributed by atoms with Gasteiger partial charge in [0.25, 0.3) is 0 Å². The number of carbonyl (C=O) groups excluding carboxylic acids is 2. The Bertz CT molecular complexity index is 222. The monoisotopic (exact) mass is 150 g/mol. The van der Waals surface area contributed by atoms with Crippen LogP contribution in [0, 0.1) is 0 Å². The molecule has 0 aromatic heterocycles. The molecule has 2 nitrogen and oxygen atoms in total. The molecule has 0 fully saturated rings. The number of carbonyl (C=O) groups is 2. The summed E-state index contributed by atoms with van der Waals surface area (Å²) in [4.78, 5) is 20.2. The SMILES string of the molecule is C=C(C=O)/C=C\C(C=O)=C/C. The number of rotatable bonds is 4. The number of hydrogen-bond donors (Lipinski definition) is 0. The average molecular weight is 150 g/mol. The zero-order valence-electron chi connectivity index (χ0n) is 6.41. The zero-order valence-corrected chi connectivity index (χ0v) is 6.41. The number of aldehydes is 2. The summed E-state index contributed by atoms with van der Waals surface area (Å²) in [5.74, 6) is 0. The maximum atomic E-state index is 10.2. The van der Waals surface area contributed by atoms with E-state index in [0.29, 0.717) is 23.7 Å². The van der Waals surface area contributed by atoms with Crippen LogP contribution in [-0.4, -0.2) is 12.6 Å². The van der Waals surface area contributed by atoms with E-state index in [4.69, 9.17) is 0 Å². The first-order valence-electron chi connectivity index (χ1n) is 3.18. The molecule has 0 saturated heterocycles. The second-order valence-corrected chi connectivity index (χ2v) is 1.93. The van der Waals surface area contributed by atoms with Crippen LogP contribution < -0.4 is 0 Å². The smallest absolute Gasteiger partial charge is 0.149 e. The molecule has 2 heteroatoms. The molecule has 0 aliphatic heterocycles. The second-order valence-electron chi connectivity index (χ2n) is 1.93. The lowest BCUT2D eigenvalue weighted by Crippen LogP contribution is -1.79. The van der Waals surface area contributed by atoms with E-state index >= 15 is 0 Å². The van der Waals surface area contributed by atoms with Gasteiger partial charge in [-0.25, -0.2) is 0 Å². The molecule has 0 rings (SSSR count). The normalized spacial score (nSPS) is 11.5. The zero-order chi connectivity index (χ0) is 8.69. The van der Waals surface area contributed by atoms with Crippen LogP contribution in [-0.2, 0) is 9.59 Å². The lowest BCUT2D eigenvalue weighted by molar-refractivity contribution is -0.105. The number of allylic oxidation sites excluding steroid dienone is 5. The molecule has 0 aliphatic rings. The minimum Gasteiger partial charge on any atom is -0.298 e. The molecule has 58 valence electrons. The van der Waals surface area contributed by atoms with Crippen molar-refractivity contribution in [2.24, 2.45) is 0 Å². The van der Waals surface area contributed by atoms with Gasteiger partial charge in [-0.1, -0.05) is 24.8 Å². The first kappa shape index (κ1) is 9.56. The van der Waals surface area contributed by atoms with E-state index in [9.17, 15) is 9.59 Å². The van der Waals surface area contributed by atoms with Crippen LogP contribution >= 0.6 is 0 Å². The van der Waals surface area contributed by atoms with Gasteiger partial charge in [0.1, 0.15) is 12.6 Å². The third-order valence-electron chi connectivity index (χ3n) is 1.11. The molecule has 0 aromatic carbocycles. The second kappa shape index (κ2) is 5.35. The minimum absolute atomic E-state index is 0.353. The van der Waals surface area contributed by atoms with Crippen molar-refractivity contribution in [3.05, 3.63) is 36.0 Å². The molecule has 0 radical (unpaired) electrons. The van der Waals surface area contributed by atoms with Gasteiger partial charge in [0.15, 0.2) is 0 Å². The third-order valence-corrected chi connectivity index (χ3v) is 1.11. The fourth-order valence-electron chi connectivity index (χ4n) is 0.446. The third kappa shape index (κ3) is 4.03. The van der Waals surface area contributed by atoms with Gasteiger partial charge in [0.2, 0.25) is 0 Å². The van der Waals surface area contributed by atoms with Gasteiger partial charge in [0, 0.05) is 11.1 Å². The van der Waals surface area contributed by atoms with Gasteiger partial charge >= 0.3 is 0 Å². The molecule has 0 aromatic rings. The van der Waals surface area contributed by atoms with Crippen molar-refractivity contribution < 1.29 is 9.59 Å². The van der Waals surface area contributed by atoms with Crippen molar-refractivity contribution >= 4 is 12.6 Å². The Morgan fingerprint density at radius 2 is 1.82 bits per heavy atom. The van der Waals surface area contributed by atoms with Crippen molar-refractivity contribution in [2.75, 3.05) is 0 Å². The topological polar surface area (TPSA) is 34.1 Å².